The number of aliphatic hydroxyl groups excluding tert-OH is 3. The van der Waals surface area contributed by atoms with Gasteiger partial charge >= 0.3 is 17.9 Å². The number of esters is 3. The molecule has 3 aliphatic rings. The molecule has 37 heavy (non-hydrogen) atoms. The van der Waals surface area contributed by atoms with Gasteiger partial charge < -0.3 is 43.7 Å². The highest BCUT2D eigenvalue weighted by atomic mass is 16.7. The van der Waals surface area contributed by atoms with Crippen molar-refractivity contribution in [2.75, 3.05) is 0 Å². The van der Waals surface area contributed by atoms with Crippen molar-refractivity contribution in [1.29, 1.82) is 0 Å². The minimum atomic E-state index is -1.29. The molecule has 0 spiro atoms. The molecular formula is C25H40O12. The summed E-state index contributed by atoms with van der Waals surface area (Å²) in [4.78, 5) is 35.4. The zero-order chi connectivity index (χ0) is 27.6. The van der Waals surface area contributed by atoms with Crippen molar-refractivity contribution in [2.45, 2.75) is 116 Å². The van der Waals surface area contributed by atoms with E-state index in [0.29, 0.717) is 12.8 Å². The van der Waals surface area contributed by atoms with E-state index in [0.717, 1.165) is 6.42 Å². The Morgan fingerprint density at radius 3 is 1.49 bits per heavy atom. The van der Waals surface area contributed by atoms with E-state index in [1.807, 2.05) is 0 Å². The van der Waals surface area contributed by atoms with Gasteiger partial charge in [-0.05, 0) is 84.5 Å². The average molecular weight is 533 g/mol. The summed E-state index contributed by atoms with van der Waals surface area (Å²) < 4.78 is 33.8. The largest absolute Gasteiger partial charge is 0.434 e. The van der Waals surface area contributed by atoms with Crippen LogP contribution in [0, 0.1) is 23.7 Å². The molecule has 13 atom stereocenters. The molecule has 0 aromatic carbocycles. The lowest BCUT2D eigenvalue weighted by atomic mass is 9.79. The van der Waals surface area contributed by atoms with Crippen LogP contribution in [0.5, 0.6) is 0 Å². The Bertz CT molecular complexity index is 813. The third-order valence-electron chi connectivity index (χ3n) is 7.38. The quantitative estimate of drug-likeness (QED) is 0.182. The van der Waals surface area contributed by atoms with Crippen LogP contribution in [0.25, 0.3) is 0 Å². The maximum atomic E-state index is 11.9. The normalized spacial score (nSPS) is 35.1. The average Bonchev–Trinajstić information content (AvgIpc) is 3.44. The molecule has 13 unspecified atom stereocenters. The van der Waals surface area contributed by atoms with Gasteiger partial charge in [-0.25, -0.2) is 14.4 Å². The van der Waals surface area contributed by atoms with E-state index in [9.17, 15) is 29.7 Å². The van der Waals surface area contributed by atoms with Gasteiger partial charge in [0.05, 0.1) is 18.3 Å². The zero-order valence-electron chi connectivity index (χ0n) is 22.1. The third kappa shape index (κ3) is 7.18. The van der Waals surface area contributed by atoms with Crippen molar-refractivity contribution >= 4 is 17.9 Å². The van der Waals surface area contributed by atoms with Gasteiger partial charge in [-0.3, -0.25) is 0 Å². The molecule has 3 rings (SSSR count). The monoisotopic (exact) mass is 532 g/mol. The predicted molar refractivity (Wildman–Crippen MR) is 124 cm³/mol. The molecule has 0 aliphatic heterocycles. The van der Waals surface area contributed by atoms with Crippen LogP contribution < -0.4 is 0 Å². The first-order valence-electron chi connectivity index (χ1n) is 12.9. The molecule has 3 saturated carbocycles. The molecular weight excluding hydrogens is 492 g/mol. The molecule has 0 heterocycles. The lowest BCUT2D eigenvalue weighted by molar-refractivity contribution is -0.231. The Morgan fingerprint density at radius 1 is 0.595 bits per heavy atom. The van der Waals surface area contributed by atoms with Gasteiger partial charge in [0.1, 0.15) is 18.3 Å². The van der Waals surface area contributed by atoms with E-state index in [1.165, 1.54) is 20.8 Å². The SMILES string of the molecule is CC(OC(=O)C(C)O)OC1CC2CC1C1CC(OC(C)OC(=O)C(C)O)C(OC(C)OC(=O)C(C)O)C21. The number of hydrogen-bond acceptors (Lipinski definition) is 12. The summed E-state index contributed by atoms with van der Waals surface area (Å²) in [7, 11) is 0. The number of carbonyl (C=O) groups is 3. The Balaban J connectivity index is 1.69. The number of carbonyl (C=O) groups excluding carboxylic acids is 3. The van der Waals surface area contributed by atoms with E-state index in [1.54, 1.807) is 20.8 Å². The molecule has 2 bridgehead atoms. The highest BCUT2D eigenvalue weighted by Crippen LogP contribution is 2.61. The number of hydrogen-bond donors (Lipinski definition) is 3. The maximum absolute atomic E-state index is 11.9. The number of rotatable bonds is 12. The molecule has 3 aliphatic carbocycles. The standard InChI is InChI=1S/C25H40O12/c1-10(26)23(29)35-13(4)32-19-8-16-7-17(19)18-9-20(33-14(5)36-24(30)11(2)27)22(21(16)18)34-15(6)37-25(31)12(3)28/h10-22,26-28H,7-9H2,1-6H3. The second-order valence-corrected chi connectivity index (χ2v) is 10.4. The fraction of sp³-hybridized carbons (Fsp3) is 0.880. The first kappa shape index (κ1) is 29.7. The second-order valence-electron chi connectivity index (χ2n) is 10.4. The van der Waals surface area contributed by atoms with Gasteiger partial charge in [0.2, 0.25) is 18.9 Å². The lowest BCUT2D eigenvalue weighted by Gasteiger charge is -2.35. The Kier molecular flexibility index (Phi) is 9.92. The van der Waals surface area contributed by atoms with Crippen LogP contribution in [-0.4, -0.2) is 88.7 Å². The first-order valence-corrected chi connectivity index (χ1v) is 12.9. The van der Waals surface area contributed by atoms with Crippen LogP contribution >= 0.6 is 0 Å². The zero-order valence-corrected chi connectivity index (χ0v) is 22.1. The van der Waals surface area contributed by atoms with E-state index >= 15 is 0 Å². The van der Waals surface area contributed by atoms with Crippen molar-refractivity contribution in [3.63, 3.8) is 0 Å². The lowest BCUT2D eigenvalue weighted by Crippen LogP contribution is -2.42. The van der Waals surface area contributed by atoms with Crippen LogP contribution in [0.4, 0.5) is 0 Å². The van der Waals surface area contributed by atoms with Crippen molar-refractivity contribution in [3.05, 3.63) is 0 Å². The number of aliphatic hydroxyl groups is 3. The van der Waals surface area contributed by atoms with Crippen LogP contribution in [-0.2, 0) is 42.8 Å². The van der Waals surface area contributed by atoms with Crippen molar-refractivity contribution in [1.82, 2.24) is 0 Å². The molecule has 12 nitrogen and oxygen atoms in total. The van der Waals surface area contributed by atoms with Gasteiger partial charge in [0, 0.05) is 0 Å². The molecule has 3 N–H and O–H groups in total. The molecule has 0 radical (unpaired) electrons. The van der Waals surface area contributed by atoms with Crippen LogP contribution in [0.2, 0.25) is 0 Å². The van der Waals surface area contributed by atoms with Crippen molar-refractivity contribution in [2.24, 2.45) is 23.7 Å². The summed E-state index contributed by atoms with van der Waals surface area (Å²) in [5.74, 6) is -1.80. The Hall–Kier alpha value is -1.83. The molecule has 3 fully saturated rings. The van der Waals surface area contributed by atoms with Crippen molar-refractivity contribution < 1.29 is 58.1 Å². The molecule has 0 aromatic rings. The minimum Gasteiger partial charge on any atom is -0.434 e. The molecule has 212 valence electrons. The highest BCUT2D eigenvalue weighted by Gasteiger charge is 2.62. The summed E-state index contributed by atoms with van der Waals surface area (Å²) in [5.41, 5.74) is 0. The van der Waals surface area contributed by atoms with Gasteiger partial charge in [-0.15, -0.1) is 0 Å². The van der Waals surface area contributed by atoms with Crippen LogP contribution in [0.15, 0.2) is 0 Å². The fourth-order valence-corrected chi connectivity index (χ4v) is 6.02. The first-order chi connectivity index (χ1) is 17.3. The van der Waals surface area contributed by atoms with Crippen LogP contribution in [0.1, 0.15) is 60.8 Å². The van der Waals surface area contributed by atoms with Gasteiger partial charge in [0.15, 0.2) is 0 Å². The summed E-state index contributed by atoms with van der Waals surface area (Å²) in [5, 5.41) is 28.3. The molecule has 0 aromatic heterocycles. The Morgan fingerprint density at radius 2 is 1.03 bits per heavy atom. The number of ether oxygens (including phenoxy) is 6. The number of fused-ring (bicyclic) bond motifs is 5. The van der Waals surface area contributed by atoms with Crippen LogP contribution in [0.3, 0.4) is 0 Å². The summed E-state index contributed by atoms with van der Waals surface area (Å²) in [6.45, 7) is 8.68. The van der Waals surface area contributed by atoms with Gasteiger partial charge in [-0.2, -0.15) is 0 Å². The summed E-state index contributed by atoms with van der Waals surface area (Å²) >= 11 is 0. The molecule has 12 heteroatoms. The second kappa shape index (κ2) is 12.4. The Labute approximate surface area is 216 Å². The van der Waals surface area contributed by atoms with E-state index in [2.05, 4.69) is 0 Å². The van der Waals surface area contributed by atoms with Crippen molar-refractivity contribution in [3.8, 4) is 0 Å². The van der Waals surface area contributed by atoms with Gasteiger partial charge in [0.25, 0.3) is 0 Å². The topological polar surface area (TPSA) is 167 Å². The molecule has 0 saturated heterocycles. The third-order valence-corrected chi connectivity index (χ3v) is 7.38. The predicted octanol–water partition coefficient (Wildman–Crippen LogP) is 0.628. The van der Waals surface area contributed by atoms with E-state index in [-0.39, 0.29) is 29.8 Å². The summed E-state index contributed by atoms with van der Waals surface area (Å²) in [6, 6.07) is 0. The smallest absolute Gasteiger partial charge is 0.336 e. The fourth-order valence-electron chi connectivity index (χ4n) is 6.02. The molecule has 0 amide bonds. The van der Waals surface area contributed by atoms with E-state index in [4.69, 9.17) is 28.4 Å². The maximum Gasteiger partial charge on any atom is 0.336 e. The van der Waals surface area contributed by atoms with E-state index < -0.39 is 67.3 Å². The minimum absolute atomic E-state index is 0.0672. The highest BCUT2D eigenvalue weighted by molar-refractivity contribution is 5.74. The van der Waals surface area contributed by atoms with Gasteiger partial charge in [-0.1, -0.05) is 0 Å². The summed E-state index contributed by atoms with van der Waals surface area (Å²) in [6.07, 6.45) is -5.48.